The van der Waals surface area contributed by atoms with Gasteiger partial charge in [0.2, 0.25) is 0 Å². The first-order chi connectivity index (χ1) is 14.8. The van der Waals surface area contributed by atoms with Gasteiger partial charge in [-0.2, -0.15) is 0 Å². The van der Waals surface area contributed by atoms with Crippen molar-refractivity contribution in [3.8, 4) is 0 Å². The molecule has 2 aliphatic rings. The van der Waals surface area contributed by atoms with Crippen LogP contribution in [-0.4, -0.2) is 0 Å². The Kier molecular flexibility index (Phi) is 6.00. The molecule has 0 spiro atoms. The molecule has 2 aliphatic carbocycles. The van der Waals surface area contributed by atoms with Gasteiger partial charge in [-0.05, 0) is 84.9 Å². The highest BCUT2D eigenvalue weighted by Crippen LogP contribution is 2.52. The summed E-state index contributed by atoms with van der Waals surface area (Å²) < 4.78 is 0. The van der Waals surface area contributed by atoms with Gasteiger partial charge in [-0.3, -0.25) is 0 Å². The molecule has 1 heteroatoms. The Morgan fingerprint density at radius 1 is 0.667 bits per heavy atom. The van der Waals surface area contributed by atoms with Crippen molar-refractivity contribution in [1.29, 1.82) is 0 Å². The van der Waals surface area contributed by atoms with Crippen molar-refractivity contribution < 1.29 is 0 Å². The molecule has 0 saturated heterocycles. The zero-order chi connectivity index (χ0) is 20.3. The van der Waals surface area contributed by atoms with E-state index in [0.717, 1.165) is 23.7 Å². The molecule has 0 nitrogen and oxygen atoms in total. The highest BCUT2D eigenvalue weighted by atomic mass is 32.2. The fraction of sp³-hybridized carbons (Fsp3) is 0.379. The molecule has 30 heavy (non-hydrogen) atoms. The van der Waals surface area contributed by atoms with Crippen molar-refractivity contribution in [2.45, 2.75) is 66.1 Å². The van der Waals surface area contributed by atoms with Gasteiger partial charge in [0.15, 0.2) is 14.7 Å². The summed E-state index contributed by atoms with van der Waals surface area (Å²) >= 11 is 0. The van der Waals surface area contributed by atoms with Gasteiger partial charge in [0.05, 0.1) is 10.9 Å². The lowest BCUT2D eigenvalue weighted by Crippen LogP contribution is -2.30. The first-order valence-electron chi connectivity index (χ1n) is 11.8. The molecule has 0 bridgehead atoms. The average molecular weight is 414 g/mol. The van der Waals surface area contributed by atoms with E-state index >= 15 is 0 Å². The molecule has 154 valence electrons. The Labute approximate surface area is 185 Å². The standard InChI is InChI=1S/C29H33S/c1-2-27-28-15-9-10-22(28)18-21-29(27)23-16-19-26(20-17-23)30(24-11-5-3-6-12-24)25-13-7-4-8-14-25/h3-8,11-14,16-17,19-20,22,27-29H,2,9-10,15,18,21H2,1H3/q+1. The Hall–Kier alpha value is -1.99. The van der Waals surface area contributed by atoms with E-state index in [4.69, 9.17) is 0 Å². The number of benzene rings is 3. The molecular weight excluding hydrogens is 380 g/mol. The summed E-state index contributed by atoms with van der Waals surface area (Å²) in [6, 6.07) is 31.8. The summed E-state index contributed by atoms with van der Waals surface area (Å²) in [7, 11) is -0.0427. The van der Waals surface area contributed by atoms with E-state index in [-0.39, 0.29) is 10.9 Å². The molecule has 0 N–H and O–H groups in total. The lowest BCUT2D eigenvalue weighted by atomic mass is 9.65. The third kappa shape index (κ3) is 3.85. The zero-order valence-electron chi connectivity index (χ0n) is 18.0. The largest absolute Gasteiger partial charge is 0.166 e. The van der Waals surface area contributed by atoms with E-state index in [9.17, 15) is 0 Å². The zero-order valence-corrected chi connectivity index (χ0v) is 18.9. The molecule has 0 aromatic heterocycles. The summed E-state index contributed by atoms with van der Waals surface area (Å²) in [4.78, 5) is 4.22. The van der Waals surface area contributed by atoms with Crippen LogP contribution in [0.1, 0.15) is 56.9 Å². The van der Waals surface area contributed by atoms with Crippen molar-refractivity contribution in [3.05, 3.63) is 90.5 Å². The fourth-order valence-corrected chi connectivity index (χ4v) is 8.35. The van der Waals surface area contributed by atoms with Crippen molar-refractivity contribution >= 4 is 10.9 Å². The van der Waals surface area contributed by atoms with Crippen LogP contribution < -0.4 is 0 Å². The van der Waals surface area contributed by atoms with Gasteiger partial charge in [0, 0.05) is 0 Å². The molecule has 4 atom stereocenters. The van der Waals surface area contributed by atoms with Crippen LogP contribution in [-0.2, 0) is 10.9 Å². The first-order valence-corrected chi connectivity index (χ1v) is 13.0. The van der Waals surface area contributed by atoms with Crippen LogP contribution in [0.5, 0.6) is 0 Å². The van der Waals surface area contributed by atoms with Crippen LogP contribution in [0.25, 0.3) is 0 Å². The molecule has 3 aromatic carbocycles. The van der Waals surface area contributed by atoms with Gasteiger partial charge >= 0.3 is 0 Å². The Balaban J connectivity index is 1.45. The fourth-order valence-electron chi connectivity index (χ4n) is 6.27. The summed E-state index contributed by atoms with van der Waals surface area (Å²) in [5.41, 5.74) is 1.58. The Morgan fingerprint density at radius 2 is 1.27 bits per heavy atom. The molecular formula is C29H33S+. The van der Waals surface area contributed by atoms with Crippen molar-refractivity contribution in [2.24, 2.45) is 17.8 Å². The van der Waals surface area contributed by atoms with Crippen LogP contribution in [0.4, 0.5) is 0 Å². The summed E-state index contributed by atoms with van der Waals surface area (Å²) in [6.45, 7) is 2.43. The SMILES string of the molecule is CCC1C(c2ccc([S+](c3ccccc3)c3ccccc3)cc2)CCC2CCCC21. The van der Waals surface area contributed by atoms with Gasteiger partial charge in [-0.1, -0.05) is 74.7 Å². The monoisotopic (exact) mass is 413 g/mol. The molecule has 2 saturated carbocycles. The van der Waals surface area contributed by atoms with Gasteiger partial charge in [-0.15, -0.1) is 0 Å². The molecule has 0 aliphatic heterocycles. The second-order valence-corrected chi connectivity index (χ2v) is 11.1. The van der Waals surface area contributed by atoms with Crippen LogP contribution in [0.15, 0.2) is 99.6 Å². The quantitative estimate of drug-likeness (QED) is 0.371. The second kappa shape index (κ2) is 9.02. The molecule has 0 radical (unpaired) electrons. The predicted molar refractivity (Wildman–Crippen MR) is 128 cm³/mol. The van der Waals surface area contributed by atoms with Crippen LogP contribution in [0.3, 0.4) is 0 Å². The van der Waals surface area contributed by atoms with Crippen molar-refractivity contribution in [2.75, 3.05) is 0 Å². The van der Waals surface area contributed by atoms with Crippen LogP contribution in [0.2, 0.25) is 0 Å². The average Bonchev–Trinajstić information content (AvgIpc) is 3.30. The second-order valence-electron chi connectivity index (χ2n) is 9.11. The highest BCUT2D eigenvalue weighted by Gasteiger charge is 2.41. The summed E-state index contributed by atoms with van der Waals surface area (Å²) in [5.74, 6) is 3.65. The van der Waals surface area contributed by atoms with E-state index in [0.29, 0.717) is 0 Å². The highest BCUT2D eigenvalue weighted by molar-refractivity contribution is 7.97. The molecule has 5 rings (SSSR count). The minimum atomic E-state index is -0.0427. The van der Waals surface area contributed by atoms with Crippen molar-refractivity contribution in [1.82, 2.24) is 0 Å². The summed E-state index contributed by atoms with van der Waals surface area (Å²) in [5, 5.41) is 0. The topological polar surface area (TPSA) is 0 Å². The van der Waals surface area contributed by atoms with E-state index in [1.165, 1.54) is 53.2 Å². The Bertz CT molecular complexity index is 892. The van der Waals surface area contributed by atoms with E-state index in [1.807, 2.05) is 0 Å². The van der Waals surface area contributed by atoms with Gasteiger partial charge in [-0.25, -0.2) is 0 Å². The molecule has 0 amide bonds. The summed E-state index contributed by atoms with van der Waals surface area (Å²) in [6.07, 6.45) is 8.61. The van der Waals surface area contributed by atoms with Crippen molar-refractivity contribution in [3.63, 3.8) is 0 Å². The third-order valence-corrected chi connectivity index (χ3v) is 9.84. The number of hydrogen-bond acceptors (Lipinski definition) is 0. The Morgan fingerprint density at radius 3 is 1.87 bits per heavy atom. The number of hydrogen-bond donors (Lipinski definition) is 0. The minimum absolute atomic E-state index is 0.0427. The predicted octanol–water partition coefficient (Wildman–Crippen LogP) is 8.10. The van der Waals surface area contributed by atoms with E-state index in [2.05, 4.69) is 91.9 Å². The number of fused-ring (bicyclic) bond motifs is 1. The van der Waals surface area contributed by atoms with Gasteiger partial charge in [0.25, 0.3) is 0 Å². The molecule has 2 fully saturated rings. The van der Waals surface area contributed by atoms with E-state index < -0.39 is 0 Å². The van der Waals surface area contributed by atoms with Crippen LogP contribution >= 0.6 is 0 Å². The van der Waals surface area contributed by atoms with Crippen LogP contribution in [0, 0.1) is 17.8 Å². The maximum absolute atomic E-state index is 2.46. The van der Waals surface area contributed by atoms with Gasteiger partial charge < -0.3 is 0 Å². The molecule has 4 unspecified atom stereocenters. The first kappa shape index (κ1) is 19.9. The lowest BCUT2D eigenvalue weighted by molar-refractivity contribution is 0.149. The normalized spacial score (nSPS) is 25.9. The number of rotatable bonds is 5. The maximum atomic E-state index is 2.46. The maximum Gasteiger partial charge on any atom is 0.166 e. The lowest BCUT2D eigenvalue weighted by Gasteiger charge is -2.40. The third-order valence-electron chi connectivity index (χ3n) is 7.61. The smallest absolute Gasteiger partial charge is 0.0651 e. The molecule has 3 aromatic rings. The molecule has 0 heterocycles. The van der Waals surface area contributed by atoms with Gasteiger partial charge in [0.1, 0.15) is 0 Å². The van der Waals surface area contributed by atoms with E-state index in [1.54, 1.807) is 5.56 Å². The minimum Gasteiger partial charge on any atom is -0.0651 e.